The van der Waals surface area contributed by atoms with Gasteiger partial charge in [-0.05, 0) is 55.9 Å². The summed E-state index contributed by atoms with van der Waals surface area (Å²) in [5.74, 6) is -0.273. The van der Waals surface area contributed by atoms with Crippen LogP contribution in [-0.4, -0.2) is 38.1 Å². The summed E-state index contributed by atoms with van der Waals surface area (Å²) in [7, 11) is 0. The highest BCUT2D eigenvalue weighted by Gasteiger charge is 2.40. The number of rotatable bonds is 5. The Labute approximate surface area is 204 Å². The van der Waals surface area contributed by atoms with Gasteiger partial charge >= 0.3 is 5.56 Å². The van der Waals surface area contributed by atoms with Gasteiger partial charge in [0.15, 0.2) is 5.69 Å². The quantitative estimate of drug-likeness (QED) is 0.669. The first-order valence-corrected chi connectivity index (χ1v) is 12.5. The Kier molecular flexibility index (Phi) is 6.11. The van der Waals surface area contributed by atoms with Gasteiger partial charge in [-0.15, -0.1) is 0 Å². The van der Waals surface area contributed by atoms with Gasteiger partial charge < -0.3 is 14.6 Å². The Hall–Kier alpha value is -2.86. The highest BCUT2D eigenvalue weighted by molar-refractivity contribution is 6.30. The largest absolute Gasteiger partial charge is 0.501 e. The van der Waals surface area contributed by atoms with E-state index in [9.17, 15) is 14.7 Å². The first-order chi connectivity index (χ1) is 16.4. The SMILES string of the molecule is CC(C1=CC=CCC1)N1CCn2c(CC3(c4ccc(Cl)cc4)CCCC3)nc(=O)c(O)c2C1=O. The molecule has 1 atom stereocenters. The van der Waals surface area contributed by atoms with Gasteiger partial charge in [-0.25, -0.2) is 0 Å². The molecule has 2 aromatic rings. The Morgan fingerprint density at radius 1 is 1.15 bits per heavy atom. The molecule has 0 spiro atoms. The molecule has 34 heavy (non-hydrogen) atoms. The second-order valence-electron chi connectivity index (χ2n) is 9.74. The lowest BCUT2D eigenvalue weighted by Crippen LogP contribution is -2.48. The molecule has 7 heteroatoms. The van der Waals surface area contributed by atoms with Gasteiger partial charge in [-0.3, -0.25) is 9.59 Å². The minimum atomic E-state index is -0.729. The van der Waals surface area contributed by atoms with Crippen LogP contribution in [0.2, 0.25) is 5.02 Å². The second kappa shape index (κ2) is 9.06. The normalized spacial score (nSPS) is 20.2. The van der Waals surface area contributed by atoms with E-state index in [1.165, 1.54) is 11.1 Å². The topological polar surface area (TPSA) is 75.4 Å². The summed E-state index contributed by atoms with van der Waals surface area (Å²) >= 11 is 6.13. The summed E-state index contributed by atoms with van der Waals surface area (Å²) in [5.41, 5.74) is 1.56. The lowest BCUT2D eigenvalue weighted by atomic mass is 9.76. The highest BCUT2D eigenvalue weighted by Crippen LogP contribution is 2.44. The van der Waals surface area contributed by atoms with Crippen LogP contribution in [0.3, 0.4) is 0 Å². The van der Waals surface area contributed by atoms with E-state index in [-0.39, 0.29) is 23.1 Å². The van der Waals surface area contributed by atoms with Gasteiger partial charge in [0.2, 0.25) is 5.75 Å². The van der Waals surface area contributed by atoms with E-state index >= 15 is 0 Å². The molecule has 0 radical (unpaired) electrons. The first-order valence-electron chi connectivity index (χ1n) is 12.1. The Bertz CT molecular complexity index is 1220. The molecule has 178 valence electrons. The van der Waals surface area contributed by atoms with Crippen molar-refractivity contribution in [2.75, 3.05) is 6.54 Å². The lowest BCUT2D eigenvalue weighted by molar-refractivity contribution is 0.0646. The first kappa shape index (κ1) is 22.9. The van der Waals surface area contributed by atoms with Gasteiger partial charge in [0.1, 0.15) is 5.82 Å². The van der Waals surface area contributed by atoms with Crippen molar-refractivity contribution in [3.05, 3.63) is 80.5 Å². The predicted molar refractivity (Wildman–Crippen MR) is 132 cm³/mol. The maximum atomic E-state index is 13.6. The van der Waals surface area contributed by atoms with Crippen LogP contribution in [0.5, 0.6) is 5.75 Å². The number of carbonyl (C=O) groups excluding carboxylic acids is 1. The van der Waals surface area contributed by atoms with Gasteiger partial charge in [-0.1, -0.05) is 54.8 Å². The number of fused-ring (bicyclic) bond motifs is 1. The molecule has 2 aliphatic carbocycles. The highest BCUT2D eigenvalue weighted by atomic mass is 35.5. The summed E-state index contributed by atoms with van der Waals surface area (Å²) in [4.78, 5) is 32.3. The molecule has 1 aromatic heterocycles. The molecule has 1 fully saturated rings. The van der Waals surface area contributed by atoms with Gasteiger partial charge in [-0.2, -0.15) is 4.98 Å². The summed E-state index contributed by atoms with van der Waals surface area (Å²) in [5, 5.41) is 11.3. The molecular weight excluding hydrogens is 450 g/mol. The van der Waals surface area contributed by atoms with E-state index < -0.39 is 11.3 Å². The Balaban J connectivity index is 1.52. The summed E-state index contributed by atoms with van der Waals surface area (Å²) < 4.78 is 1.79. The summed E-state index contributed by atoms with van der Waals surface area (Å²) in [6.07, 6.45) is 12.8. The monoisotopic (exact) mass is 479 g/mol. The van der Waals surface area contributed by atoms with Crippen LogP contribution < -0.4 is 5.56 Å². The molecule has 1 aliphatic heterocycles. The molecule has 6 nitrogen and oxygen atoms in total. The zero-order valence-corrected chi connectivity index (χ0v) is 20.2. The van der Waals surface area contributed by atoms with Crippen molar-refractivity contribution >= 4 is 17.5 Å². The number of amides is 1. The standard InChI is InChI=1S/C27H30ClN3O3/c1-18(19-7-3-2-4-8-19)30-15-16-31-22(29-25(33)24(32)23(31)26(30)34)17-27(13-5-6-14-27)20-9-11-21(28)12-10-20/h2-3,7,9-12,18,32H,4-6,8,13-17H2,1H3. The lowest BCUT2D eigenvalue weighted by Gasteiger charge is -2.38. The number of allylic oxidation sites excluding steroid dienone is 3. The van der Waals surface area contributed by atoms with Crippen LogP contribution in [-0.2, 0) is 18.4 Å². The number of hydrogen-bond donors (Lipinski definition) is 1. The van der Waals surface area contributed by atoms with E-state index in [0.717, 1.165) is 38.5 Å². The molecule has 5 rings (SSSR count). The molecule has 1 unspecified atom stereocenters. The van der Waals surface area contributed by atoms with Crippen LogP contribution in [0, 0.1) is 0 Å². The molecule has 3 aliphatic rings. The molecule has 1 N–H and O–H groups in total. The molecule has 1 saturated carbocycles. The minimum Gasteiger partial charge on any atom is -0.501 e. The fourth-order valence-corrected chi connectivity index (χ4v) is 6.02. The van der Waals surface area contributed by atoms with Crippen molar-refractivity contribution in [2.24, 2.45) is 0 Å². The average molecular weight is 480 g/mol. The van der Waals surface area contributed by atoms with Gasteiger partial charge in [0, 0.05) is 29.9 Å². The second-order valence-corrected chi connectivity index (χ2v) is 10.2. The van der Waals surface area contributed by atoms with Crippen molar-refractivity contribution in [1.82, 2.24) is 14.5 Å². The molecule has 0 saturated heterocycles. The number of benzene rings is 1. The number of hydrogen-bond acceptors (Lipinski definition) is 4. The third kappa shape index (κ3) is 3.98. The third-order valence-electron chi connectivity index (χ3n) is 7.83. The predicted octanol–water partition coefficient (Wildman–Crippen LogP) is 4.78. The molecule has 1 amide bonds. The molecule has 0 bridgehead atoms. The number of halogens is 1. The van der Waals surface area contributed by atoms with Crippen LogP contribution >= 0.6 is 11.6 Å². The maximum absolute atomic E-state index is 13.6. The van der Waals surface area contributed by atoms with Crippen molar-refractivity contribution < 1.29 is 9.90 Å². The van der Waals surface area contributed by atoms with Crippen molar-refractivity contribution in [3.8, 4) is 5.75 Å². The number of aromatic nitrogens is 2. The van der Waals surface area contributed by atoms with Crippen LogP contribution in [0.25, 0.3) is 0 Å². The third-order valence-corrected chi connectivity index (χ3v) is 8.08. The van der Waals surface area contributed by atoms with E-state index in [0.29, 0.717) is 30.4 Å². The average Bonchev–Trinajstić information content (AvgIpc) is 3.32. The minimum absolute atomic E-state index is 0.0734. The fraction of sp³-hybridized carbons (Fsp3) is 0.444. The molecule has 2 heterocycles. The Morgan fingerprint density at radius 2 is 1.88 bits per heavy atom. The van der Waals surface area contributed by atoms with Crippen LogP contribution in [0.4, 0.5) is 0 Å². The van der Waals surface area contributed by atoms with Crippen LogP contribution in [0.15, 0.2) is 52.9 Å². The van der Waals surface area contributed by atoms with E-state index in [1.807, 2.05) is 25.1 Å². The smallest absolute Gasteiger partial charge is 0.315 e. The van der Waals surface area contributed by atoms with E-state index in [2.05, 4.69) is 29.3 Å². The number of nitrogens with zero attached hydrogens (tertiary/aromatic N) is 3. The maximum Gasteiger partial charge on any atom is 0.315 e. The van der Waals surface area contributed by atoms with Gasteiger partial charge in [0.25, 0.3) is 5.91 Å². The Morgan fingerprint density at radius 3 is 2.56 bits per heavy atom. The van der Waals surface area contributed by atoms with Crippen molar-refractivity contribution in [2.45, 2.75) is 69.9 Å². The van der Waals surface area contributed by atoms with Crippen molar-refractivity contribution in [3.63, 3.8) is 0 Å². The zero-order chi connectivity index (χ0) is 23.9. The summed E-state index contributed by atoms with van der Waals surface area (Å²) in [6, 6.07) is 7.84. The molecular formula is C27H30ClN3O3. The van der Waals surface area contributed by atoms with Gasteiger partial charge in [0.05, 0.1) is 6.04 Å². The molecule has 1 aromatic carbocycles. The number of carbonyl (C=O) groups is 1. The van der Waals surface area contributed by atoms with E-state index in [1.54, 1.807) is 9.47 Å². The zero-order valence-electron chi connectivity index (χ0n) is 19.5. The number of aromatic hydroxyl groups is 1. The van der Waals surface area contributed by atoms with Crippen molar-refractivity contribution in [1.29, 1.82) is 0 Å². The summed E-state index contributed by atoms with van der Waals surface area (Å²) in [6.45, 7) is 3.03. The van der Waals surface area contributed by atoms with E-state index in [4.69, 9.17) is 11.6 Å². The van der Waals surface area contributed by atoms with Crippen LogP contribution in [0.1, 0.15) is 67.3 Å². The fourth-order valence-electron chi connectivity index (χ4n) is 5.89.